The Morgan fingerprint density at radius 1 is 1.00 bits per heavy atom. The van der Waals surface area contributed by atoms with Crippen LogP contribution in [0.25, 0.3) is 0 Å². The van der Waals surface area contributed by atoms with Gasteiger partial charge in [0.25, 0.3) is 0 Å². The molecule has 3 heteroatoms. The molecule has 0 saturated carbocycles. The van der Waals surface area contributed by atoms with Crippen LogP contribution in [0.1, 0.15) is 12.0 Å². The fourth-order valence-electron chi connectivity index (χ4n) is 2.11. The number of ether oxygens (including phenoxy) is 1. The predicted octanol–water partition coefficient (Wildman–Crippen LogP) is 3.05. The van der Waals surface area contributed by atoms with Crippen LogP contribution in [0.4, 0.5) is 5.69 Å². The van der Waals surface area contributed by atoms with E-state index in [2.05, 4.69) is 36.2 Å². The van der Waals surface area contributed by atoms with Crippen molar-refractivity contribution in [3.63, 3.8) is 0 Å². The third-order valence-electron chi connectivity index (χ3n) is 3.28. The summed E-state index contributed by atoms with van der Waals surface area (Å²) in [6, 6.07) is 18.3. The molecule has 0 bridgehead atoms. The second-order valence-electron chi connectivity index (χ2n) is 4.77. The maximum atomic E-state index is 5.81. The van der Waals surface area contributed by atoms with Crippen LogP contribution in [0.3, 0.4) is 0 Å². The lowest BCUT2D eigenvalue weighted by atomic mass is 10.2. The quantitative estimate of drug-likeness (QED) is 0.786. The van der Waals surface area contributed by atoms with Crippen LogP contribution in [0.5, 0.6) is 5.75 Å². The summed E-state index contributed by atoms with van der Waals surface area (Å²) in [7, 11) is 2.10. The molecule has 0 aliphatic rings. The molecule has 0 amide bonds. The van der Waals surface area contributed by atoms with Crippen molar-refractivity contribution in [2.24, 2.45) is 5.73 Å². The third kappa shape index (κ3) is 4.00. The number of nitrogens with two attached hydrogens (primary N) is 1. The highest BCUT2D eigenvalue weighted by Gasteiger charge is 2.02. The molecule has 0 unspecified atom stereocenters. The third-order valence-corrected chi connectivity index (χ3v) is 3.28. The summed E-state index contributed by atoms with van der Waals surface area (Å²) in [5, 5.41) is 0. The molecule has 0 fully saturated rings. The van der Waals surface area contributed by atoms with Crippen LogP contribution < -0.4 is 15.4 Å². The van der Waals surface area contributed by atoms with Crippen LogP contribution in [-0.2, 0) is 6.54 Å². The number of anilines is 1. The highest BCUT2D eigenvalue weighted by Crippen LogP contribution is 2.17. The van der Waals surface area contributed by atoms with Gasteiger partial charge in [0.15, 0.2) is 0 Å². The monoisotopic (exact) mass is 270 g/mol. The van der Waals surface area contributed by atoms with Crippen molar-refractivity contribution in [1.29, 1.82) is 0 Å². The first-order valence-electron chi connectivity index (χ1n) is 6.98. The van der Waals surface area contributed by atoms with E-state index >= 15 is 0 Å². The smallest absolute Gasteiger partial charge is 0.123 e. The van der Waals surface area contributed by atoms with Gasteiger partial charge in [0.05, 0.1) is 6.61 Å². The molecule has 0 radical (unpaired) electrons. The minimum Gasteiger partial charge on any atom is -0.493 e. The van der Waals surface area contributed by atoms with Gasteiger partial charge in [0.2, 0.25) is 0 Å². The normalized spacial score (nSPS) is 10.3. The molecule has 3 nitrogen and oxygen atoms in total. The fourth-order valence-corrected chi connectivity index (χ4v) is 2.11. The summed E-state index contributed by atoms with van der Waals surface area (Å²) >= 11 is 0. The first kappa shape index (κ1) is 14.4. The number of benzene rings is 2. The summed E-state index contributed by atoms with van der Waals surface area (Å²) < 4.78 is 5.81. The Hall–Kier alpha value is -2.00. The van der Waals surface area contributed by atoms with Crippen molar-refractivity contribution in [2.45, 2.75) is 13.0 Å². The molecule has 20 heavy (non-hydrogen) atoms. The minimum absolute atomic E-state index is 0.514. The van der Waals surface area contributed by atoms with Crippen LogP contribution in [0.2, 0.25) is 0 Å². The van der Waals surface area contributed by atoms with Crippen molar-refractivity contribution < 1.29 is 4.74 Å². The van der Waals surface area contributed by atoms with Gasteiger partial charge < -0.3 is 15.4 Å². The highest BCUT2D eigenvalue weighted by atomic mass is 16.5. The standard InChI is InChI=1S/C17H22N2O/c1-19(16-9-3-2-4-10-16)12-7-13-20-17-11-6-5-8-15(17)14-18/h2-6,8-11H,7,12-14,18H2,1H3. The number of nitrogens with zero attached hydrogens (tertiary/aromatic N) is 1. The van der Waals surface area contributed by atoms with Gasteiger partial charge in [-0.2, -0.15) is 0 Å². The second kappa shape index (κ2) is 7.56. The summed E-state index contributed by atoms with van der Waals surface area (Å²) in [6.07, 6.45) is 0.976. The lowest BCUT2D eigenvalue weighted by Gasteiger charge is -2.19. The maximum absolute atomic E-state index is 5.81. The molecule has 2 aromatic carbocycles. The van der Waals surface area contributed by atoms with Gasteiger partial charge in [-0.25, -0.2) is 0 Å². The Morgan fingerprint density at radius 3 is 2.45 bits per heavy atom. The van der Waals surface area contributed by atoms with Crippen LogP contribution >= 0.6 is 0 Å². The zero-order valence-electron chi connectivity index (χ0n) is 12.0. The van der Waals surface area contributed by atoms with Crippen LogP contribution in [0, 0.1) is 0 Å². The Bertz CT molecular complexity index is 513. The first-order chi connectivity index (χ1) is 9.81. The zero-order valence-corrected chi connectivity index (χ0v) is 12.0. The molecular weight excluding hydrogens is 248 g/mol. The highest BCUT2D eigenvalue weighted by molar-refractivity contribution is 5.44. The van der Waals surface area contributed by atoms with Gasteiger partial charge in [0.1, 0.15) is 5.75 Å². The summed E-state index contributed by atoms with van der Waals surface area (Å²) in [5.41, 5.74) is 7.98. The largest absolute Gasteiger partial charge is 0.493 e. The summed E-state index contributed by atoms with van der Waals surface area (Å²) in [5.74, 6) is 0.900. The van der Waals surface area contributed by atoms with Gasteiger partial charge in [0, 0.05) is 31.4 Å². The predicted molar refractivity (Wildman–Crippen MR) is 84.2 cm³/mol. The molecule has 2 N–H and O–H groups in total. The molecule has 0 aromatic heterocycles. The molecule has 0 aliphatic carbocycles. The summed E-state index contributed by atoms with van der Waals surface area (Å²) in [6.45, 7) is 2.18. The van der Waals surface area contributed by atoms with E-state index in [1.807, 2.05) is 30.3 Å². The van der Waals surface area contributed by atoms with Crippen molar-refractivity contribution in [1.82, 2.24) is 0 Å². The van der Waals surface area contributed by atoms with Crippen molar-refractivity contribution in [3.8, 4) is 5.75 Å². The molecule has 2 aromatic rings. The van der Waals surface area contributed by atoms with Crippen LogP contribution in [0.15, 0.2) is 54.6 Å². The van der Waals surface area contributed by atoms with Gasteiger partial charge in [-0.3, -0.25) is 0 Å². The van der Waals surface area contributed by atoms with E-state index in [0.29, 0.717) is 13.2 Å². The zero-order chi connectivity index (χ0) is 14.2. The second-order valence-corrected chi connectivity index (χ2v) is 4.77. The minimum atomic E-state index is 0.514. The van der Waals surface area contributed by atoms with E-state index in [1.54, 1.807) is 0 Å². The van der Waals surface area contributed by atoms with E-state index in [-0.39, 0.29) is 0 Å². The Labute approximate surface area is 121 Å². The fraction of sp³-hybridized carbons (Fsp3) is 0.294. The SMILES string of the molecule is CN(CCCOc1ccccc1CN)c1ccccc1. The summed E-state index contributed by atoms with van der Waals surface area (Å²) in [4.78, 5) is 2.23. The lowest BCUT2D eigenvalue weighted by molar-refractivity contribution is 0.309. The number of hydrogen-bond acceptors (Lipinski definition) is 3. The Morgan fingerprint density at radius 2 is 1.70 bits per heavy atom. The van der Waals surface area contributed by atoms with E-state index in [0.717, 1.165) is 24.3 Å². The molecule has 0 heterocycles. The van der Waals surface area contributed by atoms with Gasteiger partial charge >= 0.3 is 0 Å². The average Bonchev–Trinajstić information content (AvgIpc) is 2.52. The van der Waals surface area contributed by atoms with Crippen LogP contribution in [-0.4, -0.2) is 20.2 Å². The molecule has 0 atom stereocenters. The van der Waals surface area contributed by atoms with Gasteiger partial charge in [-0.05, 0) is 24.6 Å². The number of para-hydroxylation sites is 2. The molecular formula is C17H22N2O. The molecule has 106 valence electrons. The maximum Gasteiger partial charge on any atom is 0.123 e. The number of hydrogen-bond donors (Lipinski definition) is 1. The van der Waals surface area contributed by atoms with E-state index in [1.165, 1.54) is 5.69 Å². The molecule has 0 saturated heterocycles. The molecule has 0 aliphatic heterocycles. The number of rotatable bonds is 7. The first-order valence-corrected chi connectivity index (χ1v) is 6.98. The molecule has 2 rings (SSSR count). The van der Waals surface area contributed by atoms with Gasteiger partial charge in [-0.1, -0.05) is 36.4 Å². The topological polar surface area (TPSA) is 38.5 Å². The van der Waals surface area contributed by atoms with Crippen molar-refractivity contribution in [3.05, 3.63) is 60.2 Å². The lowest BCUT2D eigenvalue weighted by Crippen LogP contribution is -2.20. The van der Waals surface area contributed by atoms with E-state index in [9.17, 15) is 0 Å². The average molecular weight is 270 g/mol. The van der Waals surface area contributed by atoms with Crippen molar-refractivity contribution in [2.75, 3.05) is 25.1 Å². The molecule has 0 spiro atoms. The van der Waals surface area contributed by atoms with E-state index < -0.39 is 0 Å². The van der Waals surface area contributed by atoms with E-state index in [4.69, 9.17) is 10.5 Å². The van der Waals surface area contributed by atoms with Gasteiger partial charge in [-0.15, -0.1) is 0 Å². The van der Waals surface area contributed by atoms with Crippen molar-refractivity contribution >= 4 is 5.69 Å². The Kier molecular flexibility index (Phi) is 5.44. The Balaban J connectivity index is 1.76.